The van der Waals surface area contributed by atoms with Crippen LogP contribution in [0.25, 0.3) is 0 Å². The molecule has 0 spiro atoms. The van der Waals surface area contributed by atoms with Crippen molar-refractivity contribution in [3.63, 3.8) is 0 Å². The lowest BCUT2D eigenvalue weighted by Crippen LogP contribution is -2.17. The minimum Gasteiger partial charge on any atom is -0.399 e. The summed E-state index contributed by atoms with van der Waals surface area (Å²) in [5.41, 5.74) is 2.82. The topological polar surface area (TPSA) is 67.8 Å². The number of halogens is 5. The summed E-state index contributed by atoms with van der Waals surface area (Å²) in [6.07, 6.45) is 1.61. The van der Waals surface area contributed by atoms with E-state index in [2.05, 4.69) is 10.5 Å². The van der Waals surface area contributed by atoms with Gasteiger partial charge in [0, 0.05) is 33.6 Å². The van der Waals surface area contributed by atoms with E-state index >= 15 is 0 Å². The van der Waals surface area contributed by atoms with Crippen LogP contribution in [-0.2, 0) is 16.1 Å². The highest BCUT2D eigenvalue weighted by Crippen LogP contribution is 2.65. The summed E-state index contributed by atoms with van der Waals surface area (Å²) in [6, 6.07) is 17.0. The molecule has 36 heavy (non-hydrogen) atoms. The van der Waals surface area contributed by atoms with E-state index in [1.807, 2.05) is 24.3 Å². The first-order valence-electron chi connectivity index (χ1n) is 10.7. The maximum absolute atomic E-state index is 13.1. The maximum atomic E-state index is 13.1. The van der Waals surface area contributed by atoms with Crippen LogP contribution < -0.4 is 5.32 Å². The minimum absolute atomic E-state index is 0.0791. The van der Waals surface area contributed by atoms with E-state index < -0.39 is 22.1 Å². The van der Waals surface area contributed by atoms with E-state index in [0.717, 1.165) is 11.1 Å². The molecule has 5 nitrogen and oxygen atoms in total. The number of hydrogen-bond acceptors (Lipinski definition) is 4. The predicted molar refractivity (Wildman–Crippen MR) is 146 cm³/mol. The van der Waals surface area contributed by atoms with Crippen molar-refractivity contribution in [2.75, 3.05) is 12.4 Å². The third-order valence-electron chi connectivity index (χ3n) is 5.82. The first-order valence-corrected chi connectivity index (χ1v) is 12.6. The lowest BCUT2D eigenvalue weighted by atomic mass is 9.99. The Labute approximate surface area is 233 Å². The van der Waals surface area contributed by atoms with Gasteiger partial charge < -0.3 is 10.2 Å². The second-order valence-electron chi connectivity index (χ2n) is 8.23. The Morgan fingerprint density at radius 3 is 2.42 bits per heavy atom. The quantitative estimate of drug-likeness (QED) is 0.128. The smallest absolute Gasteiger partial charge is 0.231 e. The first kappa shape index (κ1) is 26.8. The molecule has 2 atom stereocenters. The Morgan fingerprint density at radius 2 is 1.72 bits per heavy atom. The number of ketones is 1. The standard InChI is InChI=1S/C26H19Cl5N2O3/c1-36-32-13-15-5-3-2-4-14(15)10-22(34)20-12-19(6-7-21(20)29)33-25(35)24-23(26(24,30)31)16-8-17(27)11-18(28)9-16/h2-9,11-13,23-24H,10H2,1H3,(H,33,35)/b32-13+. The van der Waals surface area contributed by atoms with Crippen LogP contribution in [0.1, 0.15) is 33.0 Å². The maximum Gasteiger partial charge on any atom is 0.231 e. The zero-order valence-corrected chi connectivity index (χ0v) is 22.6. The van der Waals surface area contributed by atoms with Crippen molar-refractivity contribution in [3.05, 3.63) is 98.0 Å². The zero-order valence-electron chi connectivity index (χ0n) is 18.8. The minimum atomic E-state index is -1.32. The van der Waals surface area contributed by atoms with Gasteiger partial charge in [-0.05, 0) is 53.1 Å². The van der Waals surface area contributed by atoms with Gasteiger partial charge in [0.2, 0.25) is 5.91 Å². The number of amides is 1. The van der Waals surface area contributed by atoms with Crippen molar-refractivity contribution in [1.82, 2.24) is 0 Å². The van der Waals surface area contributed by atoms with Gasteiger partial charge in [-0.2, -0.15) is 0 Å². The number of oxime groups is 1. The van der Waals surface area contributed by atoms with Crippen LogP contribution in [0.5, 0.6) is 0 Å². The molecule has 1 amide bonds. The lowest BCUT2D eigenvalue weighted by Gasteiger charge is -2.10. The van der Waals surface area contributed by atoms with Crippen molar-refractivity contribution < 1.29 is 14.4 Å². The molecule has 1 saturated carbocycles. The number of nitrogens with zero attached hydrogens (tertiary/aromatic N) is 1. The fraction of sp³-hybridized carbons (Fsp3) is 0.192. The van der Waals surface area contributed by atoms with Gasteiger partial charge in [0.25, 0.3) is 0 Å². The van der Waals surface area contributed by atoms with Crippen LogP contribution >= 0.6 is 58.0 Å². The average Bonchev–Trinajstić information content (AvgIpc) is 3.41. The van der Waals surface area contributed by atoms with Gasteiger partial charge in [-0.25, -0.2) is 0 Å². The number of carbonyl (C=O) groups excluding carboxylic acids is 2. The molecular weight excluding hydrogens is 566 g/mol. The largest absolute Gasteiger partial charge is 0.399 e. The molecule has 0 saturated heterocycles. The van der Waals surface area contributed by atoms with Gasteiger partial charge in [0.1, 0.15) is 11.4 Å². The molecule has 10 heteroatoms. The van der Waals surface area contributed by atoms with Gasteiger partial charge >= 0.3 is 0 Å². The van der Waals surface area contributed by atoms with Crippen LogP contribution in [0.2, 0.25) is 15.1 Å². The number of benzene rings is 3. The molecule has 1 fully saturated rings. The molecule has 0 aromatic heterocycles. The Bertz CT molecular complexity index is 1340. The Kier molecular flexibility index (Phi) is 8.18. The van der Waals surface area contributed by atoms with E-state index in [1.165, 1.54) is 19.4 Å². The number of nitrogens with one attached hydrogen (secondary N) is 1. The number of Topliss-reactive ketones (excluding diaryl/α,β-unsaturated/α-hetero) is 1. The summed E-state index contributed by atoms with van der Waals surface area (Å²) in [4.78, 5) is 30.9. The van der Waals surface area contributed by atoms with E-state index in [1.54, 1.807) is 30.3 Å². The van der Waals surface area contributed by atoms with Crippen LogP contribution in [0.15, 0.2) is 65.8 Å². The fourth-order valence-electron chi connectivity index (χ4n) is 4.06. The van der Waals surface area contributed by atoms with E-state index in [0.29, 0.717) is 21.3 Å². The van der Waals surface area contributed by atoms with E-state index in [4.69, 9.17) is 62.8 Å². The second kappa shape index (κ2) is 11.0. The summed E-state index contributed by atoms with van der Waals surface area (Å²) in [6.45, 7) is 0. The van der Waals surface area contributed by atoms with Gasteiger partial charge in [-0.15, -0.1) is 23.2 Å². The highest BCUT2D eigenvalue weighted by Gasteiger charge is 2.67. The predicted octanol–water partition coefficient (Wildman–Crippen LogP) is 7.58. The van der Waals surface area contributed by atoms with Crippen LogP contribution in [0, 0.1) is 5.92 Å². The number of hydrogen-bond donors (Lipinski definition) is 1. The zero-order chi connectivity index (χ0) is 26.0. The molecule has 4 rings (SSSR count). The SMILES string of the molecule is CO/N=C/c1ccccc1CC(=O)c1cc(NC(=O)C2C(c3cc(Cl)cc(Cl)c3)C2(Cl)Cl)ccc1Cl. The number of alkyl halides is 2. The summed E-state index contributed by atoms with van der Waals surface area (Å²) >= 11 is 31.4. The highest BCUT2D eigenvalue weighted by atomic mass is 35.5. The summed E-state index contributed by atoms with van der Waals surface area (Å²) < 4.78 is -1.32. The Hall–Kier alpha value is -2.28. The van der Waals surface area contributed by atoms with Crippen molar-refractivity contribution in [2.45, 2.75) is 16.7 Å². The molecule has 0 aliphatic heterocycles. The van der Waals surface area contributed by atoms with Gasteiger partial charge in [-0.3, -0.25) is 9.59 Å². The monoisotopic (exact) mass is 582 g/mol. The molecular formula is C26H19Cl5N2O3. The molecule has 3 aromatic carbocycles. The lowest BCUT2D eigenvalue weighted by molar-refractivity contribution is -0.117. The van der Waals surface area contributed by atoms with E-state index in [-0.39, 0.29) is 22.8 Å². The highest BCUT2D eigenvalue weighted by molar-refractivity contribution is 6.53. The van der Waals surface area contributed by atoms with Crippen LogP contribution in [-0.4, -0.2) is 29.3 Å². The van der Waals surface area contributed by atoms with Gasteiger partial charge in [0.05, 0.1) is 17.2 Å². The molecule has 0 bridgehead atoms. The second-order valence-corrected chi connectivity index (χ2v) is 11.0. The van der Waals surface area contributed by atoms with Crippen molar-refractivity contribution in [2.24, 2.45) is 11.1 Å². The molecule has 1 N–H and O–H groups in total. The molecule has 3 aromatic rings. The molecule has 0 radical (unpaired) electrons. The number of rotatable bonds is 8. The van der Waals surface area contributed by atoms with Crippen molar-refractivity contribution in [3.8, 4) is 0 Å². The molecule has 1 aliphatic carbocycles. The molecule has 186 valence electrons. The third-order valence-corrected chi connectivity index (χ3v) is 7.52. The van der Waals surface area contributed by atoms with Gasteiger partial charge in [0.15, 0.2) is 5.78 Å². The molecule has 2 unspecified atom stereocenters. The first-order chi connectivity index (χ1) is 17.1. The van der Waals surface area contributed by atoms with Crippen LogP contribution in [0.3, 0.4) is 0 Å². The third kappa shape index (κ3) is 5.82. The summed E-state index contributed by atoms with van der Waals surface area (Å²) in [5.74, 6) is -1.85. The van der Waals surface area contributed by atoms with E-state index in [9.17, 15) is 9.59 Å². The normalized spacial score (nSPS) is 18.2. The average molecular weight is 585 g/mol. The van der Waals surface area contributed by atoms with Gasteiger partial charge in [-0.1, -0.05) is 64.2 Å². The fourth-order valence-corrected chi connectivity index (χ4v) is 5.65. The summed E-state index contributed by atoms with van der Waals surface area (Å²) in [5, 5.41) is 7.67. The van der Waals surface area contributed by atoms with Crippen molar-refractivity contribution in [1.29, 1.82) is 0 Å². The van der Waals surface area contributed by atoms with Crippen molar-refractivity contribution >= 4 is 81.6 Å². The Balaban J connectivity index is 1.51. The number of anilines is 1. The Morgan fingerprint density at radius 1 is 1.03 bits per heavy atom. The number of carbonyl (C=O) groups is 2. The summed E-state index contributed by atoms with van der Waals surface area (Å²) in [7, 11) is 1.44. The van der Waals surface area contributed by atoms with Crippen LogP contribution in [0.4, 0.5) is 5.69 Å². The molecule has 1 aliphatic rings. The molecule has 0 heterocycles.